The Balaban J connectivity index is 2.08. The zero-order valence-electron chi connectivity index (χ0n) is 9.56. The van der Waals surface area contributed by atoms with Crippen molar-refractivity contribution in [1.82, 2.24) is 5.32 Å². The van der Waals surface area contributed by atoms with E-state index in [9.17, 15) is 17.6 Å². The summed E-state index contributed by atoms with van der Waals surface area (Å²) < 4.78 is 55.8. The van der Waals surface area contributed by atoms with Crippen LogP contribution in [0.5, 0.6) is 5.75 Å². The Kier molecular flexibility index (Phi) is 3.75. The second-order valence-electron chi connectivity index (χ2n) is 4.21. The molecule has 1 heterocycles. The van der Waals surface area contributed by atoms with Crippen molar-refractivity contribution in [3.63, 3.8) is 0 Å². The van der Waals surface area contributed by atoms with Crippen LogP contribution >= 0.6 is 0 Å². The first kappa shape index (κ1) is 13.1. The second kappa shape index (κ2) is 5.14. The van der Waals surface area contributed by atoms with Crippen molar-refractivity contribution in [1.29, 1.82) is 0 Å². The Morgan fingerprint density at radius 2 is 1.83 bits per heavy atom. The predicted molar refractivity (Wildman–Crippen MR) is 57.9 cm³/mol. The highest BCUT2D eigenvalue weighted by atomic mass is 19.4. The van der Waals surface area contributed by atoms with E-state index >= 15 is 0 Å². The monoisotopic (exact) mass is 263 g/mol. The maximum absolute atomic E-state index is 13.3. The lowest BCUT2D eigenvalue weighted by Gasteiger charge is -2.24. The Morgan fingerprint density at radius 3 is 2.39 bits per heavy atom. The Hall–Kier alpha value is -1.30. The van der Waals surface area contributed by atoms with E-state index in [1.54, 1.807) is 0 Å². The maximum atomic E-state index is 13.3. The van der Waals surface area contributed by atoms with Gasteiger partial charge in [0.2, 0.25) is 0 Å². The van der Waals surface area contributed by atoms with Crippen LogP contribution in [0.4, 0.5) is 17.6 Å². The van der Waals surface area contributed by atoms with Crippen molar-refractivity contribution in [2.24, 2.45) is 0 Å². The molecule has 0 atom stereocenters. The number of nitrogens with one attached hydrogen (secondary N) is 1. The number of piperidine rings is 1. The van der Waals surface area contributed by atoms with Gasteiger partial charge in [-0.25, -0.2) is 4.39 Å². The zero-order valence-corrected chi connectivity index (χ0v) is 9.56. The molecule has 1 aromatic rings. The van der Waals surface area contributed by atoms with Gasteiger partial charge in [0.05, 0.1) is 5.56 Å². The summed E-state index contributed by atoms with van der Waals surface area (Å²) in [6, 6.07) is 2.67. The fourth-order valence-corrected chi connectivity index (χ4v) is 1.90. The highest BCUT2D eigenvalue weighted by Crippen LogP contribution is 2.33. The molecule has 18 heavy (non-hydrogen) atoms. The highest BCUT2D eigenvalue weighted by molar-refractivity contribution is 5.30. The molecular formula is C12H13F4NO. The molecule has 0 bridgehead atoms. The lowest BCUT2D eigenvalue weighted by molar-refractivity contribution is -0.140. The minimum Gasteiger partial charge on any atom is -0.490 e. The van der Waals surface area contributed by atoms with E-state index in [-0.39, 0.29) is 11.9 Å². The van der Waals surface area contributed by atoms with Gasteiger partial charge in [0.15, 0.2) is 0 Å². The first-order valence-corrected chi connectivity index (χ1v) is 5.71. The Labute approximate surface area is 102 Å². The summed E-state index contributed by atoms with van der Waals surface area (Å²) >= 11 is 0. The van der Waals surface area contributed by atoms with Gasteiger partial charge in [-0.2, -0.15) is 13.2 Å². The maximum Gasteiger partial charge on any atom is 0.419 e. The molecule has 0 saturated carbocycles. The van der Waals surface area contributed by atoms with Crippen molar-refractivity contribution in [3.8, 4) is 5.75 Å². The van der Waals surface area contributed by atoms with Crippen LogP contribution in [0.2, 0.25) is 0 Å². The number of benzene rings is 1. The predicted octanol–water partition coefficient (Wildman–Crippen LogP) is 2.98. The minimum atomic E-state index is -4.67. The molecule has 6 heteroatoms. The van der Waals surface area contributed by atoms with Crippen molar-refractivity contribution in [2.75, 3.05) is 13.1 Å². The molecule has 1 aliphatic heterocycles. The average molecular weight is 263 g/mol. The molecule has 0 radical (unpaired) electrons. The van der Waals surface area contributed by atoms with Crippen LogP contribution in [-0.4, -0.2) is 19.2 Å². The summed E-state index contributed by atoms with van der Waals surface area (Å²) in [5.41, 5.74) is -1.26. The van der Waals surface area contributed by atoms with E-state index < -0.39 is 17.6 Å². The first-order valence-electron chi connectivity index (χ1n) is 5.71. The molecule has 0 amide bonds. The molecule has 1 aliphatic rings. The summed E-state index contributed by atoms with van der Waals surface area (Å²) in [5.74, 6) is -1.15. The van der Waals surface area contributed by atoms with E-state index in [4.69, 9.17) is 4.74 Å². The average Bonchev–Trinajstić information content (AvgIpc) is 2.28. The van der Waals surface area contributed by atoms with Gasteiger partial charge in [-0.3, -0.25) is 0 Å². The summed E-state index contributed by atoms with van der Waals surface area (Å²) in [6.07, 6.45) is -3.20. The summed E-state index contributed by atoms with van der Waals surface area (Å²) in [4.78, 5) is 0. The minimum absolute atomic E-state index is 0.0672. The molecule has 1 N–H and O–H groups in total. The molecule has 0 aliphatic carbocycles. The number of halogens is 4. The van der Waals surface area contributed by atoms with E-state index in [1.165, 1.54) is 0 Å². The van der Waals surface area contributed by atoms with E-state index in [0.717, 1.165) is 38.1 Å². The SMILES string of the molecule is Fc1cc(OC2CCNCC2)ccc1C(F)(F)F. The van der Waals surface area contributed by atoms with Crippen molar-refractivity contribution in [2.45, 2.75) is 25.1 Å². The summed E-state index contributed by atoms with van der Waals surface area (Å²) in [6.45, 7) is 1.60. The van der Waals surface area contributed by atoms with Crippen LogP contribution in [0.3, 0.4) is 0 Å². The summed E-state index contributed by atoms with van der Waals surface area (Å²) in [7, 11) is 0. The molecule has 2 rings (SSSR count). The molecule has 100 valence electrons. The van der Waals surface area contributed by atoms with Gasteiger partial charge in [-0.1, -0.05) is 0 Å². The lowest BCUT2D eigenvalue weighted by atomic mass is 10.1. The van der Waals surface area contributed by atoms with Crippen LogP contribution in [-0.2, 0) is 6.18 Å². The second-order valence-corrected chi connectivity index (χ2v) is 4.21. The molecular weight excluding hydrogens is 250 g/mol. The number of rotatable bonds is 2. The first-order chi connectivity index (χ1) is 8.47. The molecule has 1 fully saturated rings. The third-order valence-electron chi connectivity index (χ3n) is 2.83. The van der Waals surface area contributed by atoms with Crippen molar-refractivity contribution < 1.29 is 22.3 Å². The van der Waals surface area contributed by atoms with Crippen molar-refractivity contribution in [3.05, 3.63) is 29.6 Å². The fraction of sp³-hybridized carbons (Fsp3) is 0.500. The normalized spacial score (nSPS) is 17.8. The van der Waals surface area contributed by atoms with Crippen LogP contribution in [0.25, 0.3) is 0 Å². The smallest absolute Gasteiger partial charge is 0.419 e. The standard InChI is InChI=1S/C12H13F4NO/c13-11-7-9(1-2-10(11)12(14,15)16)18-8-3-5-17-6-4-8/h1-2,7-8,17H,3-6H2. The van der Waals surface area contributed by atoms with Gasteiger partial charge >= 0.3 is 6.18 Å². The van der Waals surface area contributed by atoms with Crippen LogP contribution in [0.1, 0.15) is 18.4 Å². The molecule has 1 aromatic carbocycles. The van der Waals surface area contributed by atoms with Gasteiger partial charge < -0.3 is 10.1 Å². The van der Waals surface area contributed by atoms with Gasteiger partial charge in [-0.05, 0) is 38.1 Å². The van der Waals surface area contributed by atoms with Gasteiger partial charge in [0, 0.05) is 6.07 Å². The molecule has 0 unspecified atom stereocenters. The number of ether oxygens (including phenoxy) is 1. The molecule has 1 saturated heterocycles. The fourth-order valence-electron chi connectivity index (χ4n) is 1.90. The lowest BCUT2D eigenvalue weighted by Crippen LogP contribution is -2.34. The van der Waals surface area contributed by atoms with Gasteiger partial charge in [0.1, 0.15) is 17.7 Å². The largest absolute Gasteiger partial charge is 0.490 e. The van der Waals surface area contributed by atoms with Crippen LogP contribution in [0.15, 0.2) is 18.2 Å². The number of alkyl halides is 3. The third kappa shape index (κ3) is 3.13. The Morgan fingerprint density at radius 1 is 1.17 bits per heavy atom. The van der Waals surface area contributed by atoms with Gasteiger partial charge in [0.25, 0.3) is 0 Å². The topological polar surface area (TPSA) is 21.3 Å². The Bertz CT molecular complexity index is 413. The van der Waals surface area contributed by atoms with E-state index in [0.29, 0.717) is 6.07 Å². The number of hydrogen-bond donors (Lipinski definition) is 1. The van der Waals surface area contributed by atoms with E-state index in [2.05, 4.69) is 5.32 Å². The number of hydrogen-bond acceptors (Lipinski definition) is 2. The van der Waals surface area contributed by atoms with Crippen molar-refractivity contribution >= 4 is 0 Å². The molecule has 0 spiro atoms. The zero-order chi connectivity index (χ0) is 13.2. The highest BCUT2D eigenvalue weighted by Gasteiger charge is 2.34. The van der Waals surface area contributed by atoms with Crippen LogP contribution < -0.4 is 10.1 Å². The van der Waals surface area contributed by atoms with Gasteiger partial charge in [-0.15, -0.1) is 0 Å². The van der Waals surface area contributed by atoms with E-state index in [1.807, 2.05) is 0 Å². The molecule has 2 nitrogen and oxygen atoms in total. The summed E-state index contributed by atoms with van der Waals surface area (Å²) in [5, 5.41) is 3.14. The quantitative estimate of drug-likeness (QED) is 0.828. The molecule has 0 aromatic heterocycles. The third-order valence-corrected chi connectivity index (χ3v) is 2.83. The van der Waals surface area contributed by atoms with Crippen LogP contribution in [0, 0.1) is 5.82 Å².